The average Bonchev–Trinajstić information content (AvgIpc) is 2.81. The van der Waals surface area contributed by atoms with E-state index in [1.54, 1.807) is 12.1 Å². The summed E-state index contributed by atoms with van der Waals surface area (Å²) in [5.41, 5.74) is 2.43. The molecule has 1 aromatic heterocycles. The molecule has 0 atom stereocenters. The van der Waals surface area contributed by atoms with E-state index in [-0.39, 0.29) is 0 Å². The predicted octanol–water partition coefficient (Wildman–Crippen LogP) is 4.18. The highest BCUT2D eigenvalue weighted by Gasteiger charge is 2.06. The maximum absolute atomic E-state index is 10.7. The van der Waals surface area contributed by atoms with Gasteiger partial charge in [-0.15, -0.1) is 0 Å². The van der Waals surface area contributed by atoms with Crippen LogP contribution in [0.3, 0.4) is 0 Å². The number of hydrogen-bond acceptors (Lipinski definition) is 3. The summed E-state index contributed by atoms with van der Waals surface area (Å²) >= 11 is 7.48. The zero-order valence-corrected chi connectivity index (χ0v) is 11.3. The van der Waals surface area contributed by atoms with Crippen LogP contribution in [0.1, 0.15) is 10.4 Å². The molecule has 19 heavy (non-hydrogen) atoms. The minimum atomic E-state index is 0.455. The third-order valence-electron chi connectivity index (χ3n) is 2.68. The van der Waals surface area contributed by atoms with Gasteiger partial charge in [0, 0.05) is 10.5 Å². The van der Waals surface area contributed by atoms with Gasteiger partial charge in [0.15, 0.2) is 11.4 Å². The number of aldehydes is 1. The summed E-state index contributed by atoms with van der Waals surface area (Å²) in [6.45, 7) is 0. The maximum atomic E-state index is 10.7. The third-order valence-corrected chi connectivity index (χ3v) is 3.88. The van der Waals surface area contributed by atoms with Crippen LogP contribution < -0.4 is 0 Å². The van der Waals surface area contributed by atoms with E-state index in [4.69, 9.17) is 11.6 Å². The highest BCUT2D eigenvalue weighted by molar-refractivity contribution is 7.99. The maximum Gasteiger partial charge on any atom is 0.171 e. The van der Waals surface area contributed by atoms with Gasteiger partial charge in [-0.3, -0.25) is 4.79 Å². The van der Waals surface area contributed by atoms with Gasteiger partial charge in [0.1, 0.15) is 0 Å². The van der Waals surface area contributed by atoms with Crippen molar-refractivity contribution < 1.29 is 4.79 Å². The summed E-state index contributed by atoms with van der Waals surface area (Å²) < 4.78 is 0. The van der Waals surface area contributed by atoms with Crippen molar-refractivity contribution >= 4 is 40.7 Å². The first kappa shape index (κ1) is 12.3. The van der Waals surface area contributed by atoms with Crippen LogP contribution >= 0.6 is 23.4 Å². The molecular weight excluding hydrogens is 280 g/mol. The number of carbonyl (C=O) groups is 1. The number of hydrogen-bond donors (Lipinski definition) is 1. The number of nitrogens with one attached hydrogen (secondary N) is 1. The fourth-order valence-electron chi connectivity index (χ4n) is 1.76. The molecule has 0 aliphatic carbocycles. The van der Waals surface area contributed by atoms with Crippen molar-refractivity contribution in [2.24, 2.45) is 0 Å². The largest absolute Gasteiger partial charge is 0.333 e. The second-order valence-corrected chi connectivity index (χ2v) is 5.43. The summed E-state index contributed by atoms with van der Waals surface area (Å²) in [7, 11) is 0. The van der Waals surface area contributed by atoms with Crippen LogP contribution in [0.5, 0.6) is 0 Å². The lowest BCUT2D eigenvalue weighted by Gasteiger charge is -2.00. The predicted molar refractivity (Wildman–Crippen MR) is 77.1 cm³/mol. The van der Waals surface area contributed by atoms with Gasteiger partial charge in [-0.25, -0.2) is 4.98 Å². The Labute approximate surface area is 119 Å². The monoisotopic (exact) mass is 288 g/mol. The minimum Gasteiger partial charge on any atom is -0.333 e. The number of halogens is 1. The van der Waals surface area contributed by atoms with E-state index in [0.29, 0.717) is 10.6 Å². The molecule has 0 saturated carbocycles. The molecule has 2 aromatic carbocycles. The van der Waals surface area contributed by atoms with Crippen molar-refractivity contribution in [2.75, 3.05) is 0 Å². The van der Waals surface area contributed by atoms with E-state index in [2.05, 4.69) is 9.97 Å². The fraction of sp³-hybridized carbons (Fsp3) is 0. The molecule has 3 rings (SSSR count). The fourth-order valence-corrected chi connectivity index (χ4v) is 2.89. The Morgan fingerprint density at radius 2 is 2.05 bits per heavy atom. The number of rotatable bonds is 3. The number of carbonyl (C=O) groups excluding carboxylic acids is 1. The van der Waals surface area contributed by atoms with Crippen LogP contribution in [0.25, 0.3) is 11.0 Å². The summed E-state index contributed by atoms with van der Waals surface area (Å²) in [4.78, 5) is 19.4. The molecule has 0 spiro atoms. The number of imidazole rings is 1. The van der Waals surface area contributed by atoms with Crippen LogP contribution in [0.4, 0.5) is 0 Å². The van der Waals surface area contributed by atoms with E-state index < -0.39 is 0 Å². The number of fused-ring (bicyclic) bond motifs is 1. The van der Waals surface area contributed by atoms with Crippen molar-refractivity contribution in [2.45, 2.75) is 10.1 Å². The SMILES string of the molecule is O=Cc1ccc(Sc2nc3ccccc3[nH]2)cc1Cl. The Morgan fingerprint density at radius 1 is 1.21 bits per heavy atom. The molecule has 0 aliphatic rings. The molecule has 0 bridgehead atoms. The van der Waals surface area contributed by atoms with Crippen LogP contribution in [0.15, 0.2) is 52.5 Å². The summed E-state index contributed by atoms with van der Waals surface area (Å²) in [6, 6.07) is 13.2. The van der Waals surface area contributed by atoms with Crippen molar-refractivity contribution in [3.8, 4) is 0 Å². The molecule has 0 saturated heterocycles. The van der Waals surface area contributed by atoms with Gasteiger partial charge < -0.3 is 4.98 Å². The Balaban J connectivity index is 1.92. The third kappa shape index (κ3) is 2.50. The second-order valence-electron chi connectivity index (χ2n) is 3.96. The van der Waals surface area contributed by atoms with Gasteiger partial charge in [0.05, 0.1) is 16.1 Å². The highest BCUT2D eigenvalue weighted by atomic mass is 35.5. The van der Waals surface area contributed by atoms with Gasteiger partial charge in [-0.05, 0) is 30.3 Å². The van der Waals surface area contributed by atoms with Crippen LogP contribution in [-0.4, -0.2) is 16.3 Å². The molecule has 0 fully saturated rings. The van der Waals surface area contributed by atoms with Crippen molar-refractivity contribution in [3.63, 3.8) is 0 Å². The molecule has 1 N–H and O–H groups in total. The van der Waals surface area contributed by atoms with Crippen molar-refractivity contribution in [1.82, 2.24) is 9.97 Å². The summed E-state index contributed by atoms with van der Waals surface area (Å²) in [5.74, 6) is 0. The van der Waals surface area contributed by atoms with Crippen LogP contribution in [0, 0.1) is 0 Å². The van der Waals surface area contributed by atoms with Gasteiger partial charge in [-0.2, -0.15) is 0 Å². The number of aromatic nitrogens is 2. The van der Waals surface area contributed by atoms with E-state index in [9.17, 15) is 4.79 Å². The Hall–Kier alpha value is -1.78. The van der Waals surface area contributed by atoms with Crippen LogP contribution in [0.2, 0.25) is 5.02 Å². The smallest absolute Gasteiger partial charge is 0.171 e. The molecule has 1 heterocycles. The first-order valence-electron chi connectivity index (χ1n) is 5.63. The van der Waals surface area contributed by atoms with Gasteiger partial charge in [-0.1, -0.05) is 35.5 Å². The Bertz CT molecular complexity index is 721. The Kier molecular flexibility index (Phi) is 3.27. The number of H-pyrrole nitrogens is 1. The zero-order valence-electron chi connectivity index (χ0n) is 9.76. The molecule has 0 aliphatic heterocycles. The molecule has 0 radical (unpaired) electrons. The van der Waals surface area contributed by atoms with Gasteiger partial charge >= 0.3 is 0 Å². The molecular formula is C14H9ClN2OS. The molecule has 0 amide bonds. The molecule has 3 aromatic rings. The standard InChI is InChI=1S/C14H9ClN2OS/c15-11-7-10(6-5-9(11)8-18)19-14-16-12-3-1-2-4-13(12)17-14/h1-8H,(H,16,17). The van der Waals surface area contributed by atoms with E-state index in [0.717, 1.165) is 27.4 Å². The highest BCUT2D eigenvalue weighted by Crippen LogP contribution is 2.29. The molecule has 94 valence electrons. The average molecular weight is 289 g/mol. The first-order chi connectivity index (χ1) is 9.26. The van der Waals surface area contributed by atoms with Gasteiger partial charge in [0.2, 0.25) is 0 Å². The number of benzene rings is 2. The van der Waals surface area contributed by atoms with Gasteiger partial charge in [0.25, 0.3) is 0 Å². The zero-order chi connectivity index (χ0) is 13.2. The first-order valence-corrected chi connectivity index (χ1v) is 6.83. The normalized spacial score (nSPS) is 10.8. The lowest BCUT2D eigenvalue weighted by Crippen LogP contribution is -1.83. The quantitative estimate of drug-likeness (QED) is 0.735. The lowest BCUT2D eigenvalue weighted by atomic mass is 10.2. The van der Waals surface area contributed by atoms with E-state index >= 15 is 0 Å². The Morgan fingerprint density at radius 3 is 2.79 bits per heavy atom. The summed E-state index contributed by atoms with van der Waals surface area (Å²) in [5, 5.41) is 1.26. The summed E-state index contributed by atoms with van der Waals surface area (Å²) in [6.07, 6.45) is 0.748. The van der Waals surface area contributed by atoms with E-state index in [1.807, 2.05) is 30.3 Å². The van der Waals surface area contributed by atoms with Crippen molar-refractivity contribution in [3.05, 3.63) is 53.1 Å². The molecule has 5 heteroatoms. The second kappa shape index (κ2) is 5.07. The molecule has 0 unspecified atom stereocenters. The topological polar surface area (TPSA) is 45.8 Å². The molecule has 3 nitrogen and oxygen atoms in total. The number of para-hydroxylation sites is 2. The lowest BCUT2D eigenvalue weighted by molar-refractivity contribution is 0.112. The van der Waals surface area contributed by atoms with Crippen LogP contribution in [-0.2, 0) is 0 Å². The van der Waals surface area contributed by atoms with Crippen molar-refractivity contribution in [1.29, 1.82) is 0 Å². The minimum absolute atomic E-state index is 0.455. The number of aromatic amines is 1. The number of nitrogens with zero attached hydrogens (tertiary/aromatic N) is 1. The van der Waals surface area contributed by atoms with E-state index in [1.165, 1.54) is 11.8 Å².